The van der Waals surface area contributed by atoms with E-state index in [0.717, 1.165) is 6.42 Å². The van der Waals surface area contributed by atoms with Crippen LogP contribution in [0.25, 0.3) is 0 Å². The Morgan fingerprint density at radius 3 is 2.49 bits per heavy atom. The van der Waals surface area contributed by atoms with Gasteiger partial charge in [-0.15, -0.1) is 0 Å². The molecule has 0 radical (unpaired) electrons. The van der Waals surface area contributed by atoms with Crippen LogP contribution in [-0.2, 0) is 23.7 Å². The van der Waals surface area contributed by atoms with Gasteiger partial charge in [0.2, 0.25) is 0 Å². The van der Waals surface area contributed by atoms with Crippen molar-refractivity contribution in [2.24, 2.45) is 34.5 Å². The number of carbonyl (C=O) groups is 1. The van der Waals surface area contributed by atoms with E-state index in [9.17, 15) is 20.1 Å². The third-order valence-electron chi connectivity index (χ3n) is 11.6. The molecule has 6 aliphatic rings. The van der Waals surface area contributed by atoms with Crippen molar-refractivity contribution in [3.05, 3.63) is 0 Å². The molecule has 3 N–H and O–H groups in total. The van der Waals surface area contributed by atoms with Crippen molar-refractivity contribution in [1.29, 1.82) is 0 Å². The zero-order valence-corrected chi connectivity index (χ0v) is 21.5. The van der Waals surface area contributed by atoms with E-state index in [1.165, 1.54) is 6.92 Å². The van der Waals surface area contributed by atoms with Crippen molar-refractivity contribution in [2.75, 3.05) is 41.0 Å². The predicted molar refractivity (Wildman–Crippen MR) is 123 cm³/mol. The molecule has 35 heavy (non-hydrogen) atoms. The second-order valence-electron chi connectivity index (χ2n) is 12.3. The van der Waals surface area contributed by atoms with Crippen molar-refractivity contribution in [3.8, 4) is 0 Å². The molecular formula is C26H41NO8. The smallest absolute Gasteiger partial charge is 0.302 e. The van der Waals surface area contributed by atoms with Crippen LogP contribution in [0.3, 0.4) is 0 Å². The van der Waals surface area contributed by atoms with E-state index in [2.05, 4.69) is 11.8 Å². The van der Waals surface area contributed by atoms with E-state index in [-0.39, 0.29) is 48.5 Å². The van der Waals surface area contributed by atoms with Crippen molar-refractivity contribution in [3.63, 3.8) is 0 Å². The summed E-state index contributed by atoms with van der Waals surface area (Å²) in [6.45, 7) is 4.96. The number of carbonyl (C=O) groups excluding carboxylic acids is 1. The fraction of sp³-hybridized carbons (Fsp3) is 0.962. The number of fused-ring (bicyclic) bond motifs is 2. The predicted octanol–water partition coefficient (Wildman–Crippen LogP) is 0.188. The lowest BCUT2D eigenvalue weighted by atomic mass is 9.42. The molecule has 0 unspecified atom stereocenters. The number of aliphatic hydroxyl groups is 3. The van der Waals surface area contributed by atoms with Crippen LogP contribution in [0.4, 0.5) is 0 Å². The molecule has 0 aromatic heterocycles. The summed E-state index contributed by atoms with van der Waals surface area (Å²) in [5, 5.41) is 37.7. The van der Waals surface area contributed by atoms with Crippen molar-refractivity contribution >= 4 is 5.97 Å². The van der Waals surface area contributed by atoms with E-state index in [1.807, 2.05) is 0 Å². The van der Waals surface area contributed by atoms with Crippen molar-refractivity contribution < 1.29 is 39.1 Å². The third kappa shape index (κ3) is 2.48. The second kappa shape index (κ2) is 7.62. The topological polar surface area (TPSA) is 118 Å². The Morgan fingerprint density at radius 1 is 1.14 bits per heavy atom. The number of hydrogen-bond acceptors (Lipinski definition) is 9. The summed E-state index contributed by atoms with van der Waals surface area (Å²) >= 11 is 0. The maximum absolute atomic E-state index is 13.0. The van der Waals surface area contributed by atoms with Crippen LogP contribution in [0.15, 0.2) is 0 Å². The summed E-state index contributed by atoms with van der Waals surface area (Å²) in [5.41, 5.74) is -4.35. The minimum Gasteiger partial charge on any atom is -0.465 e. The first kappa shape index (κ1) is 24.5. The lowest BCUT2D eigenvalue weighted by Crippen LogP contribution is -2.82. The maximum atomic E-state index is 13.0. The highest BCUT2D eigenvalue weighted by Gasteiger charge is 2.91. The van der Waals surface area contributed by atoms with E-state index in [4.69, 9.17) is 18.9 Å². The average molecular weight is 496 g/mol. The Labute approximate surface area is 207 Å². The molecule has 6 rings (SSSR count). The zero-order valence-electron chi connectivity index (χ0n) is 21.5. The normalized spacial score (nSPS) is 57.9. The molecule has 1 spiro atoms. The Bertz CT molecular complexity index is 903. The van der Waals surface area contributed by atoms with Crippen LogP contribution >= 0.6 is 0 Å². The first-order valence-electron chi connectivity index (χ1n) is 13.2. The molecule has 0 aromatic rings. The first-order valence-corrected chi connectivity index (χ1v) is 13.2. The third-order valence-corrected chi connectivity index (χ3v) is 11.6. The monoisotopic (exact) mass is 495 g/mol. The molecule has 198 valence electrons. The van der Waals surface area contributed by atoms with Crippen molar-refractivity contribution in [2.45, 2.75) is 81.2 Å². The van der Waals surface area contributed by atoms with Gasteiger partial charge in [-0.05, 0) is 31.7 Å². The largest absolute Gasteiger partial charge is 0.465 e. The molecule has 1 heterocycles. The maximum Gasteiger partial charge on any atom is 0.302 e. The highest BCUT2D eigenvalue weighted by atomic mass is 16.5. The molecule has 0 aromatic carbocycles. The summed E-state index contributed by atoms with van der Waals surface area (Å²) in [4.78, 5) is 14.2. The minimum atomic E-state index is -1.64. The number of likely N-dealkylation sites (N-methyl/N-ethyl adjacent to an activating group) is 1. The molecular weight excluding hydrogens is 454 g/mol. The quantitative estimate of drug-likeness (QED) is 0.444. The number of ether oxygens (including phenoxy) is 4. The Balaban J connectivity index is 1.63. The highest BCUT2D eigenvalue weighted by molar-refractivity contribution is 5.66. The van der Waals surface area contributed by atoms with E-state index in [1.54, 1.807) is 21.3 Å². The Morgan fingerprint density at radius 2 is 1.89 bits per heavy atom. The number of methoxy groups -OCH3 is 3. The summed E-state index contributed by atoms with van der Waals surface area (Å²) in [7, 11) is 4.93. The Hall–Kier alpha value is -0.810. The summed E-state index contributed by atoms with van der Waals surface area (Å²) in [6.07, 6.45) is 0.349. The number of piperidine rings is 1. The van der Waals surface area contributed by atoms with Gasteiger partial charge in [-0.2, -0.15) is 0 Å². The van der Waals surface area contributed by atoms with Gasteiger partial charge in [0, 0.05) is 69.8 Å². The first-order chi connectivity index (χ1) is 16.6. The molecule has 13 atom stereocenters. The number of nitrogens with zero attached hydrogens (tertiary/aromatic N) is 1. The molecule has 9 heteroatoms. The summed E-state index contributed by atoms with van der Waals surface area (Å²) in [6, 6.07) is -0.478. The lowest BCUT2D eigenvalue weighted by Gasteiger charge is -2.69. The molecule has 1 aliphatic heterocycles. The highest BCUT2D eigenvalue weighted by Crippen LogP contribution is 2.80. The van der Waals surface area contributed by atoms with E-state index < -0.39 is 40.3 Å². The molecule has 5 saturated carbocycles. The van der Waals surface area contributed by atoms with Crippen LogP contribution in [0.5, 0.6) is 0 Å². The van der Waals surface area contributed by atoms with Gasteiger partial charge >= 0.3 is 5.97 Å². The number of hydrogen-bond donors (Lipinski definition) is 3. The van der Waals surface area contributed by atoms with Crippen LogP contribution in [0.1, 0.15) is 39.5 Å². The summed E-state index contributed by atoms with van der Waals surface area (Å²) < 4.78 is 23.8. The molecule has 0 amide bonds. The number of aliphatic hydroxyl groups excluding tert-OH is 1. The number of rotatable bonds is 6. The molecule has 5 aliphatic carbocycles. The van der Waals surface area contributed by atoms with Gasteiger partial charge in [-0.1, -0.05) is 6.92 Å². The van der Waals surface area contributed by atoms with Gasteiger partial charge in [0.05, 0.1) is 37.1 Å². The van der Waals surface area contributed by atoms with Crippen molar-refractivity contribution in [1.82, 2.24) is 4.90 Å². The van der Waals surface area contributed by atoms with Gasteiger partial charge in [-0.25, -0.2) is 0 Å². The fourth-order valence-electron chi connectivity index (χ4n) is 10.9. The van der Waals surface area contributed by atoms with Gasteiger partial charge in [0.25, 0.3) is 0 Å². The van der Waals surface area contributed by atoms with E-state index in [0.29, 0.717) is 32.4 Å². The minimum absolute atomic E-state index is 0.0754. The number of likely N-dealkylation sites (tertiary alicyclic amines) is 1. The summed E-state index contributed by atoms with van der Waals surface area (Å²) in [5.74, 6) is -0.954. The fourth-order valence-corrected chi connectivity index (χ4v) is 10.9. The van der Waals surface area contributed by atoms with Gasteiger partial charge in [-0.3, -0.25) is 9.69 Å². The SMILES string of the molecule is CCN1C[C@]2(COC(C)=O)CC[C@H](O)[C@@]34[C@@H]5C[C@H]6[C@H](OC)[C@@H]5[C@](O)(C[C@@H]6OC)[C@@](O)([C@@H](OC)[C@H]23)[C@@H]14. The molecule has 9 nitrogen and oxygen atoms in total. The van der Waals surface area contributed by atoms with Crippen LogP contribution in [0, 0.1) is 34.5 Å². The zero-order chi connectivity index (χ0) is 25.1. The standard InChI is InChI=1S/C26H41NO8/c1-6-27-11-23(12-35-13(2)28)8-7-17(29)25-15-9-14-16(32-3)10-24(30,18(15)19(14)33-4)26(31,22(25)27)21(34-5)20(23)25/h14-22,29-31H,6-12H2,1-5H3/t14-,15-,16+,17+,18-,19+,20-,21+,22+,23+,24-,25+,26-/m1/s1. The lowest BCUT2D eigenvalue weighted by molar-refractivity contribution is -0.318. The van der Waals surface area contributed by atoms with Gasteiger partial charge in [0.15, 0.2) is 0 Å². The van der Waals surface area contributed by atoms with E-state index >= 15 is 0 Å². The average Bonchev–Trinajstić information content (AvgIpc) is 3.25. The molecule has 6 fully saturated rings. The van der Waals surface area contributed by atoms with Crippen LogP contribution < -0.4 is 0 Å². The Kier molecular flexibility index (Phi) is 5.34. The van der Waals surface area contributed by atoms with Gasteiger partial charge < -0.3 is 34.3 Å². The number of esters is 1. The van der Waals surface area contributed by atoms with Crippen LogP contribution in [-0.4, -0.2) is 109 Å². The molecule has 7 bridgehead atoms. The second-order valence-corrected chi connectivity index (χ2v) is 12.3. The van der Waals surface area contributed by atoms with Gasteiger partial charge in [0.1, 0.15) is 11.2 Å². The van der Waals surface area contributed by atoms with Crippen LogP contribution in [0.2, 0.25) is 0 Å². The molecule has 1 saturated heterocycles.